The molecule has 192 valence electrons. The second-order valence-corrected chi connectivity index (χ2v) is 13.0. The van der Waals surface area contributed by atoms with Gasteiger partial charge in [0, 0.05) is 33.4 Å². The van der Waals surface area contributed by atoms with Crippen LogP contribution in [0.5, 0.6) is 5.75 Å². The maximum Gasteiger partial charge on any atom is 0.329 e. The molecule has 2 N–H and O–H groups in total. The fourth-order valence-corrected chi connectivity index (χ4v) is 7.52. The van der Waals surface area contributed by atoms with Gasteiger partial charge in [-0.25, -0.2) is 13.2 Å². The molecule has 7 nitrogen and oxygen atoms in total. The predicted octanol–water partition coefficient (Wildman–Crippen LogP) is 5.47. The van der Waals surface area contributed by atoms with Crippen LogP contribution in [0, 0.1) is 6.92 Å². The molecule has 0 spiro atoms. The SMILES string of the molecule is Cc1c(S(=O)(=O)CCCNCCOc2ccc3c(ccn3C(C)(C)C(=O)O)c2)sc2ccc(Cl)cc12. The van der Waals surface area contributed by atoms with E-state index in [0.717, 1.165) is 26.6 Å². The summed E-state index contributed by atoms with van der Waals surface area (Å²) in [5, 5.41) is 15.1. The fourth-order valence-electron chi connectivity index (χ4n) is 4.11. The van der Waals surface area contributed by atoms with Crippen LogP contribution in [0.3, 0.4) is 0 Å². The number of rotatable bonds is 11. The maximum atomic E-state index is 12.9. The average molecular weight is 549 g/mol. The molecule has 0 fully saturated rings. The van der Waals surface area contributed by atoms with Crippen LogP contribution in [0.1, 0.15) is 25.8 Å². The number of nitrogens with zero attached hydrogens (tertiary/aromatic N) is 1. The highest BCUT2D eigenvalue weighted by atomic mass is 35.5. The van der Waals surface area contributed by atoms with Crippen LogP contribution in [-0.2, 0) is 20.2 Å². The van der Waals surface area contributed by atoms with E-state index in [9.17, 15) is 18.3 Å². The smallest absolute Gasteiger partial charge is 0.329 e. The Labute approximate surface area is 219 Å². The number of carboxylic acid groups (broad SMARTS) is 1. The number of hydrogen-bond acceptors (Lipinski definition) is 6. The van der Waals surface area contributed by atoms with E-state index in [-0.39, 0.29) is 5.75 Å². The van der Waals surface area contributed by atoms with Gasteiger partial charge < -0.3 is 19.7 Å². The average Bonchev–Trinajstić information content (AvgIpc) is 3.40. The predicted molar refractivity (Wildman–Crippen MR) is 146 cm³/mol. The summed E-state index contributed by atoms with van der Waals surface area (Å²) < 4.78 is 34.7. The molecule has 2 aromatic heterocycles. The van der Waals surface area contributed by atoms with Crippen molar-refractivity contribution in [2.24, 2.45) is 0 Å². The van der Waals surface area contributed by atoms with Crippen molar-refractivity contribution >= 4 is 59.7 Å². The number of nitrogens with one attached hydrogen (secondary N) is 1. The first-order valence-corrected chi connectivity index (χ1v) is 14.5. The molecule has 10 heteroatoms. The number of carboxylic acids is 1. The Balaban J connectivity index is 1.25. The number of aliphatic carboxylic acids is 1. The number of fused-ring (bicyclic) bond motifs is 2. The molecule has 0 unspecified atom stereocenters. The number of sulfone groups is 1. The first-order valence-electron chi connectivity index (χ1n) is 11.6. The first-order chi connectivity index (χ1) is 17.0. The van der Waals surface area contributed by atoms with Crippen LogP contribution in [0.2, 0.25) is 5.02 Å². The normalized spacial score (nSPS) is 12.4. The molecule has 0 saturated carbocycles. The highest BCUT2D eigenvalue weighted by Crippen LogP contribution is 2.36. The summed E-state index contributed by atoms with van der Waals surface area (Å²) in [7, 11) is -3.37. The van der Waals surface area contributed by atoms with E-state index in [1.165, 1.54) is 11.3 Å². The monoisotopic (exact) mass is 548 g/mol. The van der Waals surface area contributed by atoms with Crippen molar-refractivity contribution in [1.82, 2.24) is 9.88 Å². The number of carbonyl (C=O) groups is 1. The molecular weight excluding hydrogens is 520 g/mol. The van der Waals surface area contributed by atoms with Gasteiger partial charge in [0.15, 0.2) is 9.84 Å². The molecule has 36 heavy (non-hydrogen) atoms. The topological polar surface area (TPSA) is 97.6 Å². The van der Waals surface area contributed by atoms with Gasteiger partial charge in [-0.05, 0) is 87.2 Å². The Morgan fingerprint density at radius 1 is 1.17 bits per heavy atom. The minimum atomic E-state index is -3.37. The van der Waals surface area contributed by atoms with Crippen LogP contribution in [0.25, 0.3) is 21.0 Å². The summed E-state index contributed by atoms with van der Waals surface area (Å²) >= 11 is 7.36. The summed E-state index contributed by atoms with van der Waals surface area (Å²) in [6.45, 7) is 6.72. The van der Waals surface area contributed by atoms with Gasteiger partial charge in [-0.1, -0.05) is 11.6 Å². The van der Waals surface area contributed by atoms with E-state index in [1.54, 1.807) is 30.7 Å². The highest BCUT2D eigenvalue weighted by molar-refractivity contribution is 7.93. The Morgan fingerprint density at radius 3 is 2.69 bits per heavy atom. The van der Waals surface area contributed by atoms with Crippen molar-refractivity contribution in [2.75, 3.05) is 25.4 Å². The van der Waals surface area contributed by atoms with Gasteiger partial charge in [-0.2, -0.15) is 0 Å². The zero-order chi connectivity index (χ0) is 26.1. The highest BCUT2D eigenvalue weighted by Gasteiger charge is 2.30. The molecule has 4 rings (SSSR count). The van der Waals surface area contributed by atoms with Crippen LogP contribution in [0.15, 0.2) is 52.9 Å². The Bertz CT molecular complexity index is 1520. The van der Waals surface area contributed by atoms with E-state index < -0.39 is 21.3 Å². The molecule has 2 heterocycles. The Kier molecular flexibility index (Phi) is 7.66. The van der Waals surface area contributed by atoms with Crippen molar-refractivity contribution in [1.29, 1.82) is 0 Å². The summed E-state index contributed by atoms with van der Waals surface area (Å²) in [5.74, 6) is -0.135. The second kappa shape index (κ2) is 10.4. The van der Waals surface area contributed by atoms with Crippen molar-refractivity contribution in [3.8, 4) is 5.75 Å². The van der Waals surface area contributed by atoms with Crippen molar-refractivity contribution < 1.29 is 23.1 Å². The minimum Gasteiger partial charge on any atom is -0.492 e. The van der Waals surface area contributed by atoms with E-state index in [2.05, 4.69) is 5.32 Å². The number of hydrogen-bond donors (Lipinski definition) is 2. The molecule has 2 aromatic carbocycles. The Morgan fingerprint density at radius 2 is 1.94 bits per heavy atom. The summed E-state index contributed by atoms with van der Waals surface area (Å²) in [4.78, 5) is 11.6. The van der Waals surface area contributed by atoms with Crippen LogP contribution in [0.4, 0.5) is 0 Å². The largest absolute Gasteiger partial charge is 0.492 e. The zero-order valence-electron chi connectivity index (χ0n) is 20.4. The van der Waals surface area contributed by atoms with Crippen LogP contribution in [-0.4, -0.2) is 49.5 Å². The number of halogens is 1. The minimum absolute atomic E-state index is 0.0720. The molecular formula is C26H29ClN2O5S2. The molecule has 0 aliphatic rings. The number of benzene rings is 2. The molecule has 0 radical (unpaired) electrons. The van der Waals surface area contributed by atoms with Crippen molar-refractivity contribution in [2.45, 2.75) is 36.9 Å². The molecule has 0 aliphatic carbocycles. The maximum absolute atomic E-state index is 12.9. The van der Waals surface area contributed by atoms with Gasteiger partial charge in [0.1, 0.15) is 22.1 Å². The first kappa shape index (κ1) is 26.5. The molecule has 0 amide bonds. The third-order valence-corrected chi connectivity index (χ3v) is 10.3. The molecule has 0 bridgehead atoms. The lowest BCUT2D eigenvalue weighted by Gasteiger charge is -2.23. The van der Waals surface area contributed by atoms with Gasteiger partial charge >= 0.3 is 5.97 Å². The van der Waals surface area contributed by atoms with E-state index >= 15 is 0 Å². The lowest BCUT2D eigenvalue weighted by Crippen LogP contribution is -2.34. The lowest BCUT2D eigenvalue weighted by molar-refractivity contribution is -0.145. The third kappa shape index (κ3) is 5.39. The number of aromatic nitrogens is 1. The van der Waals surface area contributed by atoms with Gasteiger partial charge in [0.25, 0.3) is 0 Å². The zero-order valence-corrected chi connectivity index (χ0v) is 22.8. The van der Waals surface area contributed by atoms with Crippen LogP contribution >= 0.6 is 22.9 Å². The number of ether oxygens (including phenoxy) is 1. The van der Waals surface area contributed by atoms with Crippen LogP contribution < -0.4 is 10.1 Å². The summed E-state index contributed by atoms with van der Waals surface area (Å²) in [5.41, 5.74) is 0.536. The molecule has 0 saturated heterocycles. The van der Waals surface area contributed by atoms with E-state index in [1.807, 2.05) is 43.3 Å². The van der Waals surface area contributed by atoms with Gasteiger partial charge in [-0.3, -0.25) is 0 Å². The van der Waals surface area contributed by atoms with Crippen molar-refractivity contribution in [3.63, 3.8) is 0 Å². The van der Waals surface area contributed by atoms with Crippen molar-refractivity contribution in [3.05, 3.63) is 59.2 Å². The standard InChI is InChI=1S/C26H29ClN2O5S2/c1-17-21-16-19(27)5-8-23(21)35-24(17)36(32,33)14-4-10-28-11-13-34-20-6-7-22-18(15-20)9-12-29(22)26(2,3)25(30)31/h5-9,12,15-16,28H,4,10-11,13-14H2,1-3H3,(H,30,31). The van der Waals surface area contributed by atoms with E-state index in [4.69, 9.17) is 16.3 Å². The summed E-state index contributed by atoms with van der Waals surface area (Å²) in [6, 6.07) is 12.9. The number of thiophene rings is 1. The third-order valence-electron chi connectivity index (χ3n) is 6.24. The van der Waals surface area contributed by atoms with Gasteiger partial charge in [0.05, 0.1) is 5.75 Å². The fraction of sp³-hybridized carbons (Fsp3) is 0.346. The Hall–Kier alpha value is -2.59. The molecule has 4 aromatic rings. The van der Waals surface area contributed by atoms with Gasteiger partial charge in [-0.15, -0.1) is 11.3 Å². The molecule has 0 aliphatic heterocycles. The van der Waals surface area contributed by atoms with E-state index in [0.29, 0.717) is 41.1 Å². The summed E-state index contributed by atoms with van der Waals surface area (Å²) in [6.07, 6.45) is 2.27. The lowest BCUT2D eigenvalue weighted by atomic mass is 10.1. The number of aryl methyl sites for hydroxylation is 1. The molecule has 0 atom stereocenters. The van der Waals surface area contributed by atoms with Gasteiger partial charge in [0.2, 0.25) is 0 Å². The second-order valence-electron chi connectivity index (χ2n) is 9.20. The quantitative estimate of drug-likeness (QED) is 0.241.